The molecule has 0 radical (unpaired) electrons. The van der Waals surface area contributed by atoms with Gasteiger partial charge in [0, 0.05) is 23.0 Å². The Hall–Kier alpha value is -0.900. The van der Waals surface area contributed by atoms with E-state index in [2.05, 4.69) is 48.5 Å². The van der Waals surface area contributed by atoms with E-state index in [0.717, 1.165) is 13.2 Å². The minimum atomic E-state index is 1.00. The third-order valence-electron chi connectivity index (χ3n) is 2.55. The number of hydrogen-bond acceptors (Lipinski definition) is 3. The predicted octanol–water partition coefficient (Wildman–Crippen LogP) is 5.28. The summed E-state index contributed by atoms with van der Waals surface area (Å²) in [6.07, 6.45) is 2.56. The van der Waals surface area contributed by atoms with Gasteiger partial charge in [-0.1, -0.05) is 58.0 Å². The summed E-state index contributed by atoms with van der Waals surface area (Å²) in [5, 5.41) is 0. The molecule has 100 valence electrons. The Morgan fingerprint density at radius 1 is 0.632 bits per heavy atom. The van der Waals surface area contributed by atoms with Gasteiger partial charge in [-0.3, -0.25) is 0 Å². The topological polar surface area (TPSA) is 9.23 Å². The molecular weight excluding hydrogens is 272 g/mol. The van der Waals surface area contributed by atoms with Crippen molar-refractivity contribution in [3.05, 3.63) is 60.7 Å². The molecule has 0 aromatic heterocycles. The highest BCUT2D eigenvalue weighted by Gasteiger charge is 1.95. The summed E-state index contributed by atoms with van der Waals surface area (Å²) in [4.78, 5) is 2.59. The maximum absolute atomic E-state index is 4.94. The first kappa shape index (κ1) is 14.5. The van der Waals surface area contributed by atoms with E-state index < -0.39 is 0 Å². The summed E-state index contributed by atoms with van der Waals surface area (Å²) in [7, 11) is 3.58. The van der Waals surface area contributed by atoms with E-state index in [1.807, 2.05) is 12.1 Å². The third kappa shape index (κ3) is 6.19. The van der Waals surface area contributed by atoms with Gasteiger partial charge in [0.25, 0.3) is 0 Å². The first-order chi connectivity index (χ1) is 9.45. The van der Waals surface area contributed by atoms with Gasteiger partial charge in [-0.05, 0) is 37.1 Å². The summed E-state index contributed by atoms with van der Waals surface area (Å²) in [6, 6.07) is 20.8. The Balaban J connectivity index is 0.000000224. The maximum atomic E-state index is 4.94. The van der Waals surface area contributed by atoms with Crippen LogP contribution in [0.25, 0.3) is 0 Å². The van der Waals surface area contributed by atoms with E-state index in [4.69, 9.17) is 4.74 Å². The normalized spacial score (nSPS) is 13.7. The molecule has 0 spiro atoms. The summed E-state index contributed by atoms with van der Waals surface area (Å²) in [5.41, 5.74) is 0. The molecule has 1 aliphatic heterocycles. The molecule has 1 aliphatic rings. The van der Waals surface area contributed by atoms with Crippen LogP contribution in [0.1, 0.15) is 12.8 Å². The lowest BCUT2D eigenvalue weighted by atomic mass is 10.4. The van der Waals surface area contributed by atoms with Gasteiger partial charge in [0.15, 0.2) is 0 Å². The standard InChI is InChI=1S/C12H10S2.C4H8O/c1-3-7-11(8-4-1)13-14-12-9-5-2-6-10-12;1-2-4-5-3-1/h1-10H;1-4H2. The van der Waals surface area contributed by atoms with E-state index in [1.165, 1.54) is 22.6 Å². The predicted molar refractivity (Wildman–Crippen MR) is 84.7 cm³/mol. The summed E-state index contributed by atoms with van der Waals surface area (Å²) in [6.45, 7) is 2.00. The molecule has 1 nitrogen and oxygen atoms in total. The van der Waals surface area contributed by atoms with Crippen LogP contribution in [0.3, 0.4) is 0 Å². The van der Waals surface area contributed by atoms with Crippen molar-refractivity contribution in [1.82, 2.24) is 0 Å². The largest absolute Gasteiger partial charge is 0.381 e. The molecule has 0 bridgehead atoms. The van der Waals surface area contributed by atoms with Crippen LogP contribution in [0.2, 0.25) is 0 Å². The highest BCUT2D eigenvalue weighted by Crippen LogP contribution is 2.36. The van der Waals surface area contributed by atoms with Crippen LogP contribution in [-0.4, -0.2) is 13.2 Å². The van der Waals surface area contributed by atoms with Gasteiger partial charge < -0.3 is 4.74 Å². The van der Waals surface area contributed by atoms with E-state index in [9.17, 15) is 0 Å². The van der Waals surface area contributed by atoms with Gasteiger partial charge in [0.2, 0.25) is 0 Å². The molecule has 1 heterocycles. The SMILES string of the molecule is C1CCOC1.c1ccc(SSc2ccccc2)cc1. The lowest BCUT2D eigenvalue weighted by molar-refractivity contribution is 0.198. The Morgan fingerprint density at radius 2 is 1.05 bits per heavy atom. The molecule has 0 unspecified atom stereocenters. The van der Waals surface area contributed by atoms with Crippen LogP contribution < -0.4 is 0 Å². The van der Waals surface area contributed by atoms with Crippen molar-refractivity contribution in [1.29, 1.82) is 0 Å². The number of benzene rings is 2. The highest BCUT2D eigenvalue weighted by atomic mass is 33.1. The zero-order valence-electron chi connectivity index (χ0n) is 10.8. The Morgan fingerprint density at radius 3 is 1.37 bits per heavy atom. The zero-order chi connectivity index (χ0) is 13.2. The lowest BCUT2D eigenvalue weighted by Crippen LogP contribution is -1.74. The van der Waals surface area contributed by atoms with E-state index in [1.54, 1.807) is 21.6 Å². The smallest absolute Gasteiger partial charge is 0.0466 e. The molecule has 0 saturated carbocycles. The number of hydrogen-bond donors (Lipinski definition) is 0. The molecule has 3 heteroatoms. The van der Waals surface area contributed by atoms with Crippen molar-refractivity contribution in [3.63, 3.8) is 0 Å². The molecule has 1 fully saturated rings. The van der Waals surface area contributed by atoms with Crippen molar-refractivity contribution in [2.24, 2.45) is 0 Å². The second-order valence-electron chi connectivity index (χ2n) is 4.11. The number of ether oxygens (including phenoxy) is 1. The third-order valence-corrected chi connectivity index (χ3v) is 4.97. The van der Waals surface area contributed by atoms with Crippen molar-refractivity contribution < 1.29 is 4.74 Å². The minimum Gasteiger partial charge on any atom is -0.381 e. The number of rotatable bonds is 3. The Labute approximate surface area is 123 Å². The summed E-state index contributed by atoms with van der Waals surface area (Å²) < 4.78 is 4.94. The fourth-order valence-electron chi connectivity index (χ4n) is 1.56. The maximum Gasteiger partial charge on any atom is 0.0466 e. The average Bonchev–Trinajstić information content (AvgIpc) is 3.07. The van der Waals surface area contributed by atoms with Crippen molar-refractivity contribution in [3.8, 4) is 0 Å². The van der Waals surface area contributed by atoms with Gasteiger partial charge in [-0.15, -0.1) is 0 Å². The monoisotopic (exact) mass is 290 g/mol. The van der Waals surface area contributed by atoms with Gasteiger partial charge >= 0.3 is 0 Å². The molecular formula is C16H18OS2. The van der Waals surface area contributed by atoms with Crippen molar-refractivity contribution in [2.75, 3.05) is 13.2 Å². The summed E-state index contributed by atoms with van der Waals surface area (Å²) >= 11 is 0. The van der Waals surface area contributed by atoms with E-state index in [-0.39, 0.29) is 0 Å². The van der Waals surface area contributed by atoms with E-state index >= 15 is 0 Å². The van der Waals surface area contributed by atoms with Crippen LogP contribution in [-0.2, 0) is 4.74 Å². The molecule has 3 rings (SSSR count). The van der Waals surface area contributed by atoms with Gasteiger partial charge in [-0.2, -0.15) is 0 Å². The fraction of sp³-hybridized carbons (Fsp3) is 0.250. The quantitative estimate of drug-likeness (QED) is 0.711. The highest BCUT2D eigenvalue weighted by molar-refractivity contribution is 8.76. The van der Waals surface area contributed by atoms with Crippen LogP contribution in [0.15, 0.2) is 70.5 Å². The molecule has 0 amide bonds. The van der Waals surface area contributed by atoms with Crippen LogP contribution in [0.5, 0.6) is 0 Å². The van der Waals surface area contributed by atoms with Crippen molar-refractivity contribution >= 4 is 21.6 Å². The Kier molecular flexibility index (Phi) is 6.93. The molecule has 2 aromatic rings. The average molecular weight is 290 g/mol. The minimum absolute atomic E-state index is 1.00. The van der Waals surface area contributed by atoms with E-state index in [0.29, 0.717) is 0 Å². The first-order valence-electron chi connectivity index (χ1n) is 6.47. The van der Waals surface area contributed by atoms with Gasteiger partial charge in [-0.25, -0.2) is 0 Å². The van der Waals surface area contributed by atoms with Gasteiger partial charge in [0.1, 0.15) is 0 Å². The molecule has 19 heavy (non-hydrogen) atoms. The zero-order valence-corrected chi connectivity index (χ0v) is 12.5. The molecule has 1 saturated heterocycles. The second kappa shape index (κ2) is 9.08. The van der Waals surface area contributed by atoms with Crippen LogP contribution in [0, 0.1) is 0 Å². The van der Waals surface area contributed by atoms with Gasteiger partial charge in [0.05, 0.1) is 0 Å². The summed E-state index contributed by atoms with van der Waals surface area (Å²) in [5.74, 6) is 0. The van der Waals surface area contributed by atoms with Crippen LogP contribution >= 0.6 is 21.6 Å². The molecule has 0 N–H and O–H groups in total. The fourth-order valence-corrected chi connectivity index (χ4v) is 3.53. The molecule has 0 atom stereocenters. The van der Waals surface area contributed by atoms with Crippen molar-refractivity contribution in [2.45, 2.75) is 22.6 Å². The first-order valence-corrected chi connectivity index (χ1v) is 8.62. The molecule has 0 aliphatic carbocycles. The lowest BCUT2D eigenvalue weighted by Gasteiger charge is -1.99. The Bertz CT molecular complexity index is 394. The second-order valence-corrected chi connectivity index (χ2v) is 6.39. The van der Waals surface area contributed by atoms with Crippen LogP contribution in [0.4, 0.5) is 0 Å². The molecule has 2 aromatic carbocycles.